The SMILES string of the molecule is CCCCCCCC(=O)NCC#Cc1cn(CCCCCP(=O)(O)O)c(=O)[nH]c1=O. The number of H-pyrrole nitrogens is 1. The Hall–Kier alpha value is -2.14. The number of hydrogen-bond acceptors (Lipinski definition) is 4. The van der Waals surface area contributed by atoms with Crippen LogP contribution in [0.4, 0.5) is 0 Å². The molecule has 0 fully saturated rings. The number of nitrogens with one attached hydrogen (secondary N) is 2. The Labute approximate surface area is 176 Å². The third-order valence-electron chi connectivity index (χ3n) is 4.46. The second-order valence-corrected chi connectivity index (χ2v) is 8.96. The highest BCUT2D eigenvalue weighted by Gasteiger charge is 2.11. The summed E-state index contributed by atoms with van der Waals surface area (Å²) in [6.45, 7) is 2.56. The molecule has 1 aromatic heterocycles. The van der Waals surface area contributed by atoms with Gasteiger partial charge in [0.05, 0.1) is 6.54 Å². The van der Waals surface area contributed by atoms with Gasteiger partial charge in [-0.05, 0) is 19.3 Å². The van der Waals surface area contributed by atoms with Gasteiger partial charge in [0.15, 0.2) is 0 Å². The monoisotopic (exact) mass is 441 g/mol. The van der Waals surface area contributed by atoms with Crippen LogP contribution in [-0.4, -0.2) is 38.0 Å². The van der Waals surface area contributed by atoms with E-state index >= 15 is 0 Å². The number of nitrogens with zero attached hydrogens (tertiary/aromatic N) is 1. The molecule has 0 spiro atoms. The molecule has 1 heterocycles. The van der Waals surface area contributed by atoms with Crippen molar-refractivity contribution < 1.29 is 19.1 Å². The Morgan fingerprint density at radius 2 is 1.83 bits per heavy atom. The molecule has 0 radical (unpaired) electrons. The maximum atomic E-state index is 11.9. The van der Waals surface area contributed by atoms with E-state index in [0.717, 1.165) is 25.7 Å². The topological polar surface area (TPSA) is 141 Å². The van der Waals surface area contributed by atoms with Gasteiger partial charge in [-0.3, -0.25) is 23.7 Å². The molecule has 0 unspecified atom stereocenters. The molecule has 0 atom stereocenters. The molecule has 0 aliphatic rings. The van der Waals surface area contributed by atoms with Crippen LogP contribution in [0.3, 0.4) is 0 Å². The van der Waals surface area contributed by atoms with E-state index in [4.69, 9.17) is 9.79 Å². The Morgan fingerprint density at radius 3 is 2.53 bits per heavy atom. The van der Waals surface area contributed by atoms with Crippen LogP contribution in [0.25, 0.3) is 0 Å². The van der Waals surface area contributed by atoms with Gasteiger partial charge in [0.2, 0.25) is 5.91 Å². The van der Waals surface area contributed by atoms with E-state index in [1.54, 1.807) is 0 Å². The number of rotatable bonds is 13. The highest BCUT2D eigenvalue weighted by molar-refractivity contribution is 7.51. The highest BCUT2D eigenvalue weighted by Crippen LogP contribution is 2.35. The molecule has 9 nitrogen and oxygen atoms in total. The number of amides is 1. The molecule has 168 valence electrons. The Balaban J connectivity index is 2.48. The van der Waals surface area contributed by atoms with E-state index in [0.29, 0.717) is 32.2 Å². The first kappa shape index (κ1) is 25.9. The highest BCUT2D eigenvalue weighted by atomic mass is 31.2. The van der Waals surface area contributed by atoms with E-state index in [-0.39, 0.29) is 24.2 Å². The lowest BCUT2D eigenvalue weighted by atomic mass is 10.1. The van der Waals surface area contributed by atoms with Gasteiger partial charge < -0.3 is 15.1 Å². The predicted octanol–water partition coefficient (Wildman–Crippen LogP) is 1.71. The molecule has 0 saturated heterocycles. The lowest BCUT2D eigenvalue weighted by molar-refractivity contribution is -0.120. The molecule has 0 bridgehead atoms. The molecule has 1 amide bonds. The number of aryl methyl sites for hydroxylation is 1. The summed E-state index contributed by atoms with van der Waals surface area (Å²) in [5, 5.41) is 2.69. The van der Waals surface area contributed by atoms with Crippen LogP contribution < -0.4 is 16.6 Å². The van der Waals surface area contributed by atoms with Crippen molar-refractivity contribution in [3.8, 4) is 11.8 Å². The number of aromatic nitrogens is 2. The molecule has 0 saturated carbocycles. The van der Waals surface area contributed by atoms with E-state index in [9.17, 15) is 18.9 Å². The first-order chi connectivity index (χ1) is 14.2. The van der Waals surface area contributed by atoms with Gasteiger partial charge >= 0.3 is 13.3 Å². The van der Waals surface area contributed by atoms with E-state index < -0.39 is 18.8 Å². The largest absolute Gasteiger partial charge is 0.345 e. The summed E-state index contributed by atoms with van der Waals surface area (Å²) < 4.78 is 12.1. The van der Waals surface area contributed by atoms with E-state index in [1.165, 1.54) is 17.2 Å². The summed E-state index contributed by atoms with van der Waals surface area (Å²) in [6.07, 6.45) is 8.41. The minimum atomic E-state index is -4.00. The molecule has 4 N–H and O–H groups in total. The van der Waals surface area contributed by atoms with Gasteiger partial charge in [0, 0.05) is 25.3 Å². The lowest BCUT2D eigenvalue weighted by Crippen LogP contribution is -2.31. The first-order valence-corrected chi connectivity index (χ1v) is 12.2. The number of carbonyl (C=O) groups excluding carboxylic acids is 1. The second kappa shape index (κ2) is 14.0. The Morgan fingerprint density at radius 1 is 1.13 bits per heavy atom. The Bertz CT molecular complexity index is 890. The van der Waals surface area contributed by atoms with Gasteiger partial charge in [-0.25, -0.2) is 4.79 Å². The Kier molecular flexibility index (Phi) is 12.1. The third-order valence-corrected chi connectivity index (χ3v) is 5.36. The van der Waals surface area contributed by atoms with Crippen molar-refractivity contribution in [1.29, 1.82) is 0 Å². The van der Waals surface area contributed by atoms with Crippen molar-refractivity contribution in [2.45, 2.75) is 71.3 Å². The third kappa shape index (κ3) is 11.8. The normalized spacial score (nSPS) is 11.0. The molecular weight excluding hydrogens is 409 g/mol. The van der Waals surface area contributed by atoms with Crippen molar-refractivity contribution in [3.05, 3.63) is 32.6 Å². The number of carbonyl (C=O) groups is 1. The molecule has 1 rings (SSSR count). The van der Waals surface area contributed by atoms with Crippen molar-refractivity contribution in [1.82, 2.24) is 14.9 Å². The van der Waals surface area contributed by atoms with Crippen molar-refractivity contribution in [3.63, 3.8) is 0 Å². The van der Waals surface area contributed by atoms with Crippen LogP contribution in [-0.2, 0) is 15.9 Å². The van der Waals surface area contributed by atoms with Crippen LogP contribution in [0.1, 0.15) is 70.3 Å². The lowest BCUT2D eigenvalue weighted by Gasteiger charge is -2.06. The molecule has 0 aromatic carbocycles. The molecule has 30 heavy (non-hydrogen) atoms. The maximum absolute atomic E-state index is 11.9. The summed E-state index contributed by atoms with van der Waals surface area (Å²) in [4.78, 5) is 55.4. The smallest absolute Gasteiger partial charge is 0.328 e. The van der Waals surface area contributed by atoms with Crippen molar-refractivity contribution >= 4 is 13.5 Å². The summed E-state index contributed by atoms with van der Waals surface area (Å²) in [6, 6.07) is 0. The minimum Gasteiger partial charge on any atom is -0.345 e. The van der Waals surface area contributed by atoms with Gasteiger partial charge in [0.25, 0.3) is 5.56 Å². The number of aromatic amines is 1. The van der Waals surface area contributed by atoms with Crippen LogP contribution in [0.2, 0.25) is 0 Å². The van der Waals surface area contributed by atoms with E-state index in [1.807, 2.05) is 0 Å². The van der Waals surface area contributed by atoms with Crippen molar-refractivity contribution in [2.24, 2.45) is 0 Å². The van der Waals surface area contributed by atoms with Gasteiger partial charge in [-0.15, -0.1) is 0 Å². The average Bonchev–Trinajstić information content (AvgIpc) is 2.66. The molecular formula is C20H32N3O6P. The molecule has 0 aliphatic carbocycles. The zero-order chi connectivity index (χ0) is 22.4. The standard InChI is InChI=1S/C20H32N3O6P/c1-2-3-4-5-7-12-18(24)21-13-10-11-17-16-23(20(26)22-19(17)25)14-8-6-9-15-30(27,28)29/h16H,2-9,12-15H2,1H3,(H,21,24)(H,22,25,26)(H2,27,28,29). The minimum absolute atomic E-state index is 0.0741. The molecule has 1 aromatic rings. The van der Waals surface area contributed by atoms with E-state index in [2.05, 4.69) is 29.1 Å². The zero-order valence-electron chi connectivity index (χ0n) is 17.5. The molecule has 10 heteroatoms. The van der Waals surface area contributed by atoms with Gasteiger partial charge in [-0.1, -0.05) is 50.9 Å². The number of hydrogen-bond donors (Lipinski definition) is 4. The summed E-state index contributed by atoms with van der Waals surface area (Å²) in [7, 11) is -4.00. The average molecular weight is 441 g/mol. The predicted molar refractivity (Wildman–Crippen MR) is 115 cm³/mol. The van der Waals surface area contributed by atoms with Crippen LogP contribution in [0.15, 0.2) is 15.8 Å². The number of unbranched alkanes of at least 4 members (excludes halogenated alkanes) is 6. The zero-order valence-corrected chi connectivity index (χ0v) is 18.4. The fourth-order valence-corrected chi connectivity index (χ4v) is 3.44. The summed E-state index contributed by atoms with van der Waals surface area (Å²) in [5.74, 6) is 5.32. The second-order valence-electron chi connectivity index (χ2n) is 7.19. The first-order valence-electron chi connectivity index (χ1n) is 10.4. The maximum Gasteiger partial charge on any atom is 0.328 e. The summed E-state index contributed by atoms with van der Waals surface area (Å²) in [5.41, 5.74) is -1.02. The van der Waals surface area contributed by atoms with Crippen LogP contribution in [0, 0.1) is 11.8 Å². The van der Waals surface area contributed by atoms with Crippen molar-refractivity contribution in [2.75, 3.05) is 12.7 Å². The quantitative estimate of drug-likeness (QED) is 0.209. The van der Waals surface area contributed by atoms with Crippen LogP contribution in [0.5, 0.6) is 0 Å². The van der Waals surface area contributed by atoms with Gasteiger partial charge in [0.1, 0.15) is 5.56 Å². The fraction of sp³-hybridized carbons (Fsp3) is 0.650. The fourth-order valence-electron chi connectivity index (χ4n) is 2.80. The summed E-state index contributed by atoms with van der Waals surface area (Å²) >= 11 is 0. The molecule has 0 aliphatic heterocycles. The van der Waals surface area contributed by atoms with Crippen LogP contribution >= 0.6 is 7.60 Å². The van der Waals surface area contributed by atoms with Gasteiger partial charge in [-0.2, -0.15) is 0 Å².